The number of aliphatic hydroxyl groups is 5. The molecule has 0 spiro atoms. The van der Waals surface area contributed by atoms with Gasteiger partial charge in [0, 0.05) is 6.92 Å². The topological polar surface area (TPSA) is 259 Å². The van der Waals surface area contributed by atoms with Gasteiger partial charge in [-0.2, -0.15) is 8.42 Å². The SMILES string of the molecule is CC(=O)NC1C(O[C@@H]2OC(C(=O)O)[C@@H](O)C(O)C2O)[C@@H](OS(=O)(=O)O)C(CO)O[C@H]1O. The van der Waals surface area contributed by atoms with Gasteiger partial charge in [0.2, 0.25) is 5.91 Å². The highest BCUT2D eigenvalue weighted by Crippen LogP contribution is 2.30. The normalized spacial score (nSPS) is 41.5. The molecule has 2 saturated heterocycles. The molecule has 2 aliphatic rings. The minimum atomic E-state index is -5.22. The highest BCUT2D eigenvalue weighted by atomic mass is 32.3. The van der Waals surface area contributed by atoms with Crippen molar-refractivity contribution >= 4 is 22.3 Å². The van der Waals surface area contributed by atoms with E-state index in [4.69, 9.17) is 23.9 Å². The Balaban J connectivity index is 2.42. The van der Waals surface area contributed by atoms with E-state index in [0.717, 1.165) is 6.92 Å². The van der Waals surface area contributed by atoms with Crippen molar-refractivity contribution in [3.63, 3.8) is 0 Å². The quantitative estimate of drug-likeness (QED) is 0.159. The second-order valence-electron chi connectivity index (χ2n) is 6.80. The van der Waals surface area contributed by atoms with Crippen LogP contribution in [-0.4, -0.2) is 123 Å². The number of amides is 1. The Morgan fingerprint density at radius 3 is 2.13 bits per heavy atom. The lowest BCUT2D eigenvalue weighted by atomic mass is 9.95. The molecule has 0 bridgehead atoms. The van der Waals surface area contributed by atoms with Crippen LogP contribution in [0.15, 0.2) is 0 Å². The van der Waals surface area contributed by atoms with E-state index in [9.17, 15) is 43.5 Å². The summed E-state index contributed by atoms with van der Waals surface area (Å²) >= 11 is 0. The number of carboxylic acids is 1. The van der Waals surface area contributed by atoms with E-state index in [1.807, 2.05) is 0 Å². The first-order valence-corrected chi connectivity index (χ1v) is 10.1. The predicted molar refractivity (Wildman–Crippen MR) is 91.2 cm³/mol. The van der Waals surface area contributed by atoms with Crippen molar-refractivity contribution < 1.29 is 71.6 Å². The maximum absolute atomic E-state index is 11.5. The summed E-state index contributed by atoms with van der Waals surface area (Å²) in [5.74, 6) is -2.52. The Kier molecular flexibility index (Phi) is 8.27. The molecule has 1 amide bonds. The van der Waals surface area contributed by atoms with Gasteiger partial charge >= 0.3 is 16.4 Å². The van der Waals surface area contributed by atoms with Crippen molar-refractivity contribution in [2.24, 2.45) is 0 Å². The fourth-order valence-electron chi connectivity index (χ4n) is 3.19. The average Bonchev–Trinajstić information content (AvgIpc) is 2.64. The van der Waals surface area contributed by atoms with Crippen LogP contribution in [0.4, 0.5) is 0 Å². The minimum Gasteiger partial charge on any atom is -0.479 e. The smallest absolute Gasteiger partial charge is 0.397 e. The molecule has 0 aliphatic carbocycles. The molecule has 2 heterocycles. The highest BCUT2D eigenvalue weighted by molar-refractivity contribution is 7.80. The number of ether oxygens (including phenoxy) is 3. The maximum Gasteiger partial charge on any atom is 0.397 e. The van der Waals surface area contributed by atoms with Gasteiger partial charge in [-0.05, 0) is 0 Å². The van der Waals surface area contributed by atoms with Gasteiger partial charge in [0.05, 0.1) is 6.61 Å². The number of hydrogen-bond donors (Lipinski definition) is 8. The molecular weight excluding hydrogens is 454 g/mol. The summed E-state index contributed by atoms with van der Waals surface area (Å²) in [4.78, 5) is 22.8. The highest BCUT2D eigenvalue weighted by Gasteiger charge is 2.53. The maximum atomic E-state index is 11.5. The van der Waals surface area contributed by atoms with Crippen LogP contribution in [0.25, 0.3) is 0 Å². The first-order valence-electron chi connectivity index (χ1n) is 8.72. The molecule has 6 unspecified atom stereocenters. The van der Waals surface area contributed by atoms with Crippen LogP contribution in [0.2, 0.25) is 0 Å². The summed E-state index contributed by atoms with van der Waals surface area (Å²) in [7, 11) is -5.22. The van der Waals surface area contributed by atoms with Gasteiger partial charge in [-0.15, -0.1) is 0 Å². The summed E-state index contributed by atoms with van der Waals surface area (Å²) in [6.07, 6.45) is -17.8. The number of carbonyl (C=O) groups is 2. The molecule has 180 valence electrons. The Morgan fingerprint density at radius 2 is 1.65 bits per heavy atom. The second kappa shape index (κ2) is 9.96. The van der Waals surface area contributed by atoms with Crippen molar-refractivity contribution in [2.45, 2.75) is 68.3 Å². The zero-order valence-electron chi connectivity index (χ0n) is 15.8. The third kappa shape index (κ3) is 6.05. The number of aliphatic hydroxyl groups excluding tert-OH is 5. The lowest BCUT2D eigenvalue weighted by molar-refractivity contribution is -0.334. The van der Waals surface area contributed by atoms with Gasteiger partial charge < -0.3 is 50.2 Å². The van der Waals surface area contributed by atoms with Gasteiger partial charge in [-0.25, -0.2) is 8.98 Å². The van der Waals surface area contributed by atoms with E-state index in [0.29, 0.717) is 0 Å². The molecule has 31 heavy (non-hydrogen) atoms. The third-order valence-electron chi connectivity index (χ3n) is 4.55. The number of carbonyl (C=O) groups excluding carboxylic acids is 1. The molecule has 16 nitrogen and oxygen atoms in total. The van der Waals surface area contributed by atoms with Gasteiger partial charge in [0.25, 0.3) is 0 Å². The number of nitrogens with one attached hydrogen (secondary N) is 1. The molecule has 0 aromatic carbocycles. The fraction of sp³-hybridized carbons (Fsp3) is 0.857. The summed E-state index contributed by atoms with van der Waals surface area (Å²) in [6.45, 7) is 0.0319. The van der Waals surface area contributed by atoms with Crippen LogP contribution in [0.3, 0.4) is 0 Å². The van der Waals surface area contributed by atoms with Crippen molar-refractivity contribution in [3.8, 4) is 0 Å². The molecule has 17 heteroatoms. The molecule has 8 N–H and O–H groups in total. The molecule has 2 aliphatic heterocycles. The molecule has 2 rings (SSSR count). The van der Waals surface area contributed by atoms with E-state index in [1.165, 1.54) is 0 Å². The lowest BCUT2D eigenvalue weighted by Gasteiger charge is -2.46. The zero-order chi connectivity index (χ0) is 23.7. The van der Waals surface area contributed by atoms with Crippen LogP contribution in [0.1, 0.15) is 6.92 Å². The standard InChI is InChI=1S/C14H23NO15S/c1-3(17)15-5-10(9(30-31(24,25)26)4(2-16)27-13(5)23)28-14-8(20)6(18)7(19)11(29-14)12(21)22/h4-11,13-14,16,18-20,23H,2H2,1H3,(H,15,17)(H,21,22)(H,24,25,26)/t4?,5?,6?,7-,8?,9-,10?,11?,13+,14+/m0/s1. The average molecular weight is 477 g/mol. The molecule has 2 fully saturated rings. The van der Waals surface area contributed by atoms with E-state index in [1.54, 1.807) is 0 Å². The van der Waals surface area contributed by atoms with E-state index >= 15 is 0 Å². The molecule has 0 radical (unpaired) electrons. The summed E-state index contributed by atoms with van der Waals surface area (Å²) in [6, 6.07) is -1.64. The second-order valence-corrected chi connectivity index (χ2v) is 7.85. The van der Waals surface area contributed by atoms with Crippen LogP contribution in [0.5, 0.6) is 0 Å². The number of aliphatic carboxylic acids is 1. The van der Waals surface area contributed by atoms with Crippen LogP contribution >= 0.6 is 0 Å². The van der Waals surface area contributed by atoms with Crippen molar-refractivity contribution in [2.75, 3.05) is 6.61 Å². The van der Waals surface area contributed by atoms with E-state index < -0.39 is 90.2 Å². The predicted octanol–water partition coefficient (Wildman–Crippen LogP) is -5.33. The largest absolute Gasteiger partial charge is 0.479 e. The van der Waals surface area contributed by atoms with Gasteiger partial charge in [-0.3, -0.25) is 9.35 Å². The van der Waals surface area contributed by atoms with Crippen LogP contribution in [0, 0.1) is 0 Å². The zero-order valence-corrected chi connectivity index (χ0v) is 16.6. The number of rotatable bonds is 7. The molecule has 0 aromatic heterocycles. The van der Waals surface area contributed by atoms with Gasteiger partial charge in [0.15, 0.2) is 18.7 Å². The molecule has 0 aromatic rings. The van der Waals surface area contributed by atoms with Gasteiger partial charge in [-0.1, -0.05) is 0 Å². The Hall–Kier alpha value is -1.51. The van der Waals surface area contributed by atoms with Crippen LogP contribution in [-0.2, 0) is 38.4 Å². The van der Waals surface area contributed by atoms with Crippen LogP contribution < -0.4 is 5.32 Å². The Morgan fingerprint density at radius 1 is 1.03 bits per heavy atom. The van der Waals surface area contributed by atoms with E-state index in [-0.39, 0.29) is 0 Å². The third-order valence-corrected chi connectivity index (χ3v) is 5.02. The number of hydrogen-bond acceptors (Lipinski definition) is 13. The summed E-state index contributed by atoms with van der Waals surface area (Å²) < 4.78 is 51.3. The summed E-state index contributed by atoms with van der Waals surface area (Å²) in [5.41, 5.74) is 0. The van der Waals surface area contributed by atoms with Gasteiger partial charge in [0.1, 0.15) is 42.7 Å². The Labute approximate surface area is 174 Å². The minimum absolute atomic E-state index is 0.779. The van der Waals surface area contributed by atoms with E-state index in [2.05, 4.69) is 9.50 Å². The first kappa shape index (κ1) is 25.7. The lowest BCUT2D eigenvalue weighted by Crippen LogP contribution is -2.68. The van der Waals surface area contributed by atoms with Crippen molar-refractivity contribution in [3.05, 3.63) is 0 Å². The fourth-order valence-corrected chi connectivity index (χ4v) is 3.71. The molecule has 0 saturated carbocycles. The van der Waals surface area contributed by atoms with Crippen molar-refractivity contribution in [1.29, 1.82) is 0 Å². The molecular formula is C14H23NO15S. The molecule has 10 atom stereocenters. The van der Waals surface area contributed by atoms with Crippen molar-refractivity contribution in [1.82, 2.24) is 5.32 Å². The summed E-state index contributed by atoms with van der Waals surface area (Å²) in [5, 5.41) is 60.6. The number of carboxylic acid groups (broad SMARTS) is 1. The Bertz CT molecular complexity index is 761. The first-order chi connectivity index (χ1) is 14.3. The monoisotopic (exact) mass is 477 g/mol.